The van der Waals surface area contributed by atoms with Gasteiger partial charge >= 0.3 is 0 Å². The Morgan fingerprint density at radius 2 is 2.31 bits per heavy atom. The van der Waals surface area contributed by atoms with Crippen molar-refractivity contribution in [2.45, 2.75) is 13.3 Å². The molecule has 0 amide bonds. The smallest absolute Gasteiger partial charge is 0.125 e. The third-order valence-electron chi connectivity index (χ3n) is 2.44. The second kappa shape index (κ2) is 3.96. The summed E-state index contributed by atoms with van der Waals surface area (Å²) in [5, 5.41) is 3.28. The van der Waals surface area contributed by atoms with Gasteiger partial charge in [0.05, 0.1) is 10.9 Å². The quantitative estimate of drug-likeness (QED) is 0.683. The summed E-state index contributed by atoms with van der Waals surface area (Å²) < 4.78 is 1.20. The first-order chi connectivity index (χ1) is 7.86. The van der Waals surface area contributed by atoms with Crippen molar-refractivity contribution >= 4 is 32.9 Å². The molecule has 0 N–H and O–H groups in total. The predicted octanol–water partition coefficient (Wildman–Crippen LogP) is 3.98. The summed E-state index contributed by atoms with van der Waals surface area (Å²) in [7, 11) is 0. The Morgan fingerprint density at radius 1 is 1.38 bits per heavy atom. The number of nitrogens with zero attached hydrogens (tertiary/aromatic N) is 2. The van der Waals surface area contributed by atoms with Gasteiger partial charge in [0.15, 0.2) is 0 Å². The Kier molecular flexibility index (Phi) is 2.46. The molecular weight excluding hydrogens is 236 g/mol. The van der Waals surface area contributed by atoms with Crippen molar-refractivity contribution in [3.63, 3.8) is 0 Å². The van der Waals surface area contributed by atoms with Gasteiger partial charge in [-0.2, -0.15) is 0 Å². The highest BCUT2D eigenvalue weighted by Crippen LogP contribution is 2.32. The summed E-state index contributed by atoms with van der Waals surface area (Å²) in [4.78, 5) is 10.1. The van der Waals surface area contributed by atoms with Gasteiger partial charge in [-0.15, -0.1) is 22.7 Å². The number of aromatic nitrogens is 2. The van der Waals surface area contributed by atoms with E-state index in [2.05, 4.69) is 28.3 Å². The number of aryl methyl sites for hydroxylation is 1. The average Bonchev–Trinajstić information content (AvgIpc) is 2.95. The van der Waals surface area contributed by atoms with E-state index in [1.165, 1.54) is 15.1 Å². The summed E-state index contributed by atoms with van der Waals surface area (Å²) >= 11 is 3.54. The lowest BCUT2D eigenvalue weighted by atomic mass is 10.3. The second-order valence-corrected chi connectivity index (χ2v) is 5.54. The van der Waals surface area contributed by atoms with Crippen LogP contribution in [0.3, 0.4) is 0 Å². The molecule has 0 saturated heterocycles. The molecule has 0 aromatic carbocycles. The Morgan fingerprint density at radius 3 is 3.06 bits per heavy atom. The zero-order chi connectivity index (χ0) is 11.0. The Balaban J connectivity index is 2.11. The van der Waals surface area contributed by atoms with Crippen LogP contribution in [0.15, 0.2) is 29.9 Å². The molecule has 0 saturated carbocycles. The fraction of sp³-hybridized carbons (Fsp3) is 0.167. The van der Waals surface area contributed by atoms with Crippen LogP contribution in [0, 0.1) is 0 Å². The van der Waals surface area contributed by atoms with Gasteiger partial charge in [0.25, 0.3) is 0 Å². The molecule has 0 radical (unpaired) electrons. The third-order valence-corrected chi connectivity index (χ3v) is 4.61. The van der Waals surface area contributed by atoms with Gasteiger partial charge in [-0.3, -0.25) is 4.98 Å². The normalized spacial score (nSPS) is 11.1. The minimum atomic E-state index is 0.992. The van der Waals surface area contributed by atoms with Crippen LogP contribution in [0.1, 0.15) is 11.8 Å². The lowest BCUT2D eigenvalue weighted by Crippen LogP contribution is -1.72. The van der Waals surface area contributed by atoms with E-state index in [0.717, 1.165) is 16.9 Å². The van der Waals surface area contributed by atoms with E-state index in [-0.39, 0.29) is 0 Å². The van der Waals surface area contributed by atoms with E-state index in [0.29, 0.717) is 0 Å². The first-order valence-corrected chi connectivity index (χ1v) is 6.85. The van der Waals surface area contributed by atoms with Crippen LogP contribution in [-0.2, 0) is 6.42 Å². The highest BCUT2D eigenvalue weighted by molar-refractivity contribution is 7.22. The number of hydrogen-bond donors (Lipinski definition) is 0. The summed E-state index contributed by atoms with van der Waals surface area (Å²) in [6, 6.07) is 4.25. The van der Waals surface area contributed by atoms with E-state index in [4.69, 9.17) is 0 Å². The number of rotatable bonds is 2. The van der Waals surface area contributed by atoms with Crippen LogP contribution in [0.25, 0.3) is 20.8 Å². The first-order valence-electron chi connectivity index (χ1n) is 5.15. The van der Waals surface area contributed by atoms with Crippen molar-refractivity contribution in [3.05, 3.63) is 34.8 Å². The lowest BCUT2D eigenvalue weighted by Gasteiger charge is -1.86. The molecule has 0 aliphatic rings. The number of hydrogen-bond acceptors (Lipinski definition) is 4. The average molecular weight is 246 g/mol. The predicted molar refractivity (Wildman–Crippen MR) is 70.1 cm³/mol. The van der Waals surface area contributed by atoms with Crippen molar-refractivity contribution in [1.82, 2.24) is 9.97 Å². The highest BCUT2D eigenvalue weighted by Gasteiger charge is 2.07. The number of thiazole rings is 1. The molecule has 3 heterocycles. The molecule has 0 aliphatic heterocycles. The molecule has 0 spiro atoms. The molecule has 0 bridgehead atoms. The van der Waals surface area contributed by atoms with E-state index in [1.54, 1.807) is 22.7 Å². The van der Waals surface area contributed by atoms with Crippen LogP contribution in [0.4, 0.5) is 0 Å². The monoisotopic (exact) mass is 246 g/mol. The maximum atomic E-state index is 4.59. The topological polar surface area (TPSA) is 25.8 Å². The number of thiophene rings is 1. The summed E-state index contributed by atoms with van der Waals surface area (Å²) in [5.41, 5.74) is 2.23. The minimum Gasteiger partial charge on any atom is -0.262 e. The molecule has 80 valence electrons. The fourth-order valence-corrected chi connectivity index (χ4v) is 3.40. The van der Waals surface area contributed by atoms with Gasteiger partial charge in [0.1, 0.15) is 10.5 Å². The molecule has 3 aromatic rings. The van der Waals surface area contributed by atoms with Crippen molar-refractivity contribution < 1.29 is 0 Å². The molecule has 3 aromatic heterocycles. The van der Waals surface area contributed by atoms with E-state index in [9.17, 15) is 0 Å². The van der Waals surface area contributed by atoms with E-state index in [1.807, 2.05) is 18.5 Å². The van der Waals surface area contributed by atoms with Gasteiger partial charge < -0.3 is 0 Å². The zero-order valence-corrected chi connectivity index (χ0v) is 10.4. The Hall–Kier alpha value is -1.26. The van der Waals surface area contributed by atoms with Crippen LogP contribution in [0.5, 0.6) is 0 Å². The summed E-state index contributed by atoms with van der Waals surface area (Å²) in [5.74, 6) is 0. The molecule has 0 fully saturated rings. The standard InChI is InChI=1S/C12H10N2S2/c1-2-9-5-8(7-15-9)12-14-10-6-13-4-3-11(10)16-12/h3-7H,2H2,1H3. The second-order valence-electron chi connectivity index (χ2n) is 3.52. The highest BCUT2D eigenvalue weighted by atomic mass is 32.1. The van der Waals surface area contributed by atoms with Crippen molar-refractivity contribution in [1.29, 1.82) is 0 Å². The molecule has 0 aliphatic carbocycles. The maximum absolute atomic E-state index is 4.59. The SMILES string of the molecule is CCc1cc(-c2nc3cnccc3s2)cs1. The largest absolute Gasteiger partial charge is 0.262 e. The molecule has 2 nitrogen and oxygen atoms in total. The van der Waals surface area contributed by atoms with Crippen LogP contribution < -0.4 is 0 Å². The Bertz CT molecular complexity index is 592. The van der Waals surface area contributed by atoms with Crippen molar-refractivity contribution in [3.8, 4) is 10.6 Å². The molecule has 0 atom stereocenters. The lowest BCUT2D eigenvalue weighted by molar-refractivity contribution is 1.19. The first kappa shape index (κ1) is 9.93. The number of pyridine rings is 1. The van der Waals surface area contributed by atoms with Crippen LogP contribution >= 0.6 is 22.7 Å². The summed E-state index contributed by atoms with van der Waals surface area (Å²) in [6.45, 7) is 2.18. The van der Waals surface area contributed by atoms with Crippen molar-refractivity contribution in [2.75, 3.05) is 0 Å². The zero-order valence-electron chi connectivity index (χ0n) is 8.80. The minimum absolute atomic E-state index is 0.992. The number of fused-ring (bicyclic) bond motifs is 1. The van der Waals surface area contributed by atoms with Gasteiger partial charge in [0, 0.05) is 22.0 Å². The molecule has 3 rings (SSSR count). The van der Waals surface area contributed by atoms with E-state index >= 15 is 0 Å². The van der Waals surface area contributed by atoms with Crippen LogP contribution in [-0.4, -0.2) is 9.97 Å². The van der Waals surface area contributed by atoms with Gasteiger partial charge in [-0.25, -0.2) is 4.98 Å². The Labute approximate surface area is 102 Å². The molecule has 0 unspecified atom stereocenters. The molecule has 16 heavy (non-hydrogen) atoms. The van der Waals surface area contributed by atoms with Gasteiger partial charge in [-0.1, -0.05) is 6.92 Å². The maximum Gasteiger partial charge on any atom is 0.125 e. The van der Waals surface area contributed by atoms with E-state index < -0.39 is 0 Å². The molecule has 4 heteroatoms. The van der Waals surface area contributed by atoms with Gasteiger partial charge in [0.2, 0.25) is 0 Å². The summed E-state index contributed by atoms with van der Waals surface area (Å²) in [6.07, 6.45) is 4.73. The van der Waals surface area contributed by atoms with Gasteiger partial charge in [-0.05, 0) is 18.6 Å². The molecular formula is C12H10N2S2. The van der Waals surface area contributed by atoms with Crippen LogP contribution in [0.2, 0.25) is 0 Å². The fourth-order valence-electron chi connectivity index (χ4n) is 1.58. The van der Waals surface area contributed by atoms with Crippen molar-refractivity contribution in [2.24, 2.45) is 0 Å². The third kappa shape index (κ3) is 1.64.